The Labute approximate surface area is 115 Å². The van der Waals surface area contributed by atoms with Crippen molar-refractivity contribution in [3.63, 3.8) is 0 Å². The number of nitro groups is 1. The van der Waals surface area contributed by atoms with Gasteiger partial charge in [-0.2, -0.15) is 8.78 Å². The van der Waals surface area contributed by atoms with Crippen molar-refractivity contribution in [2.45, 2.75) is 47.5 Å². The monoisotopic (exact) mass is 297 g/mol. The summed E-state index contributed by atoms with van der Waals surface area (Å²) in [6, 6.07) is 0. The van der Waals surface area contributed by atoms with Gasteiger partial charge in [0.15, 0.2) is 11.6 Å². The first kappa shape index (κ1) is 20.7. The Balaban J connectivity index is 0. The molecule has 0 saturated carbocycles. The van der Waals surface area contributed by atoms with Gasteiger partial charge in [-0.1, -0.05) is 41.0 Å². The van der Waals surface area contributed by atoms with Gasteiger partial charge in [0.05, 0.1) is 4.92 Å². The molecule has 7 heteroatoms. The molecular formula is C13H19F4NO2. The average molecular weight is 297 g/mol. The number of rotatable bonds is 2. The van der Waals surface area contributed by atoms with Gasteiger partial charge in [-0.15, -0.1) is 0 Å². The van der Waals surface area contributed by atoms with E-state index < -0.39 is 39.4 Å². The molecule has 0 aromatic heterocycles. The molecule has 20 heavy (non-hydrogen) atoms. The van der Waals surface area contributed by atoms with Crippen molar-refractivity contribution in [3.8, 4) is 0 Å². The number of halogens is 4. The van der Waals surface area contributed by atoms with E-state index in [1.807, 2.05) is 13.8 Å². The van der Waals surface area contributed by atoms with Crippen LogP contribution in [0.25, 0.3) is 0 Å². The van der Waals surface area contributed by atoms with Crippen molar-refractivity contribution in [3.05, 3.63) is 38.9 Å². The Morgan fingerprint density at radius 3 is 1.40 bits per heavy atom. The lowest BCUT2D eigenvalue weighted by atomic mass is 10.1. The average Bonchev–Trinajstić information content (AvgIpc) is 2.40. The SMILES string of the molecule is CC.CCC.CCc1c(F)c(F)c([N+](=O)[O-])c(F)c1F. The first-order valence-electron chi connectivity index (χ1n) is 6.32. The molecular weight excluding hydrogens is 278 g/mol. The maximum atomic E-state index is 13.0. The normalized spacial score (nSPS) is 9.05. The summed E-state index contributed by atoms with van der Waals surface area (Å²) in [6.07, 6.45) is 0.948. The van der Waals surface area contributed by atoms with Crippen LogP contribution in [0.2, 0.25) is 0 Å². The molecule has 0 aliphatic carbocycles. The summed E-state index contributed by atoms with van der Waals surface area (Å²) in [5.74, 6) is -7.39. The van der Waals surface area contributed by atoms with Gasteiger partial charge in [0.2, 0.25) is 11.6 Å². The number of benzene rings is 1. The van der Waals surface area contributed by atoms with Gasteiger partial charge in [-0.05, 0) is 6.42 Å². The number of hydrogen-bond donors (Lipinski definition) is 0. The molecule has 0 saturated heterocycles. The van der Waals surface area contributed by atoms with E-state index in [9.17, 15) is 27.7 Å². The van der Waals surface area contributed by atoms with Gasteiger partial charge >= 0.3 is 5.69 Å². The Bertz CT molecular complexity index is 421. The van der Waals surface area contributed by atoms with Gasteiger partial charge in [-0.25, -0.2) is 8.78 Å². The molecule has 0 aliphatic heterocycles. The van der Waals surface area contributed by atoms with Crippen LogP contribution in [-0.2, 0) is 6.42 Å². The molecule has 0 spiro atoms. The lowest BCUT2D eigenvalue weighted by Gasteiger charge is -2.04. The molecule has 116 valence electrons. The lowest BCUT2D eigenvalue weighted by molar-refractivity contribution is -0.390. The van der Waals surface area contributed by atoms with Crippen LogP contribution in [0, 0.1) is 33.4 Å². The fourth-order valence-electron chi connectivity index (χ4n) is 1.14. The molecule has 0 heterocycles. The summed E-state index contributed by atoms with van der Waals surface area (Å²) in [5, 5.41) is 10.1. The van der Waals surface area contributed by atoms with Crippen molar-refractivity contribution in [1.29, 1.82) is 0 Å². The van der Waals surface area contributed by atoms with Crippen molar-refractivity contribution in [1.82, 2.24) is 0 Å². The quantitative estimate of drug-likeness (QED) is 0.327. The maximum Gasteiger partial charge on any atom is 0.346 e. The van der Waals surface area contributed by atoms with E-state index in [0.29, 0.717) is 0 Å². The molecule has 0 unspecified atom stereocenters. The summed E-state index contributed by atoms with van der Waals surface area (Å²) < 4.78 is 51.8. The van der Waals surface area contributed by atoms with Crippen LogP contribution in [0.4, 0.5) is 23.2 Å². The van der Waals surface area contributed by atoms with Gasteiger partial charge in [0, 0.05) is 5.56 Å². The van der Waals surface area contributed by atoms with Gasteiger partial charge < -0.3 is 0 Å². The third-order valence-corrected chi connectivity index (χ3v) is 1.87. The van der Waals surface area contributed by atoms with Gasteiger partial charge in [0.1, 0.15) is 0 Å². The van der Waals surface area contributed by atoms with E-state index >= 15 is 0 Å². The predicted molar refractivity (Wildman–Crippen MR) is 69.6 cm³/mol. The van der Waals surface area contributed by atoms with E-state index in [1.54, 1.807) is 0 Å². The minimum absolute atomic E-state index is 0.302. The van der Waals surface area contributed by atoms with Crippen LogP contribution in [0.1, 0.15) is 46.6 Å². The second-order valence-electron chi connectivity index (χ2n) is 3.40. The smallest absolute Gasteiger partial charge is 0.258 e. The molecule has 0 aliphatic rings. The highest BCUT2D eigenvalue weighted by atomic mass is 19.2. The van der Waals surface area contributed by atoms with Crippen molar-refractivity contribution in [2.75, 3.05) is 0 Å². The molecule has 0 atom stereocenters. The maximum absolute atomic E-state index is 13.0. The Kier molecular flexibility index (Phi) is 10.5. The first-order chi connectivity index (χ1) is 9.33. The van der Waals surface area contributed by atoms with E-state index in [-0.39, 0.29) is 6.42 Å². The predicted octanol–water partition coefficient (Wildman–Crippen LogP) is 5.16. The summed E-state index contributed by atoms with van der Waals surface area (Å²) in [7, 11) is 0. The highest BCUT2D eigenvalue weighted by molar-refractivity contribution is 5.39. The minimum Gasteiger partial charge on any atom is -0.258 e. The zero-order valence-corrected chi connectivity index (χ0v) is 12.2. The fraction of sp³-hybridized carbons (Fsp3) is 0.538. The van der Waals surface area contributed by atoms with Crippen molar-refractivity contribution < 1.29 is 22.5 Å². The fourth-order valence-corrected chi connectivity index (χ4v) is 1.14. The Hall–Kier alpha value is -1.66. The minimum atomic E-state index is -1.98. The third kappa shape index (κ3) is 4.79. The van der Waals surface area contributed by atoms with Gasteiger partial charge in [-0.3, -0.25) is 10.1 Å². The van der Waals surface area contributed by atoms with Crippen LogP contribution in [0.5, 0.6) is 0 Å². The topological polar surface area (TPSA) is 43.1 Å². The molecule has 0 bridgehead atoms. The van der Waals surface area contributed by atoms with Crippen LogP contribution >= 0.6 is 0 Å². The zero-order valence-electron chi connectivity index (χ0n) is 12.2. The van der Waals surface area contributed by atoms with E-state index in [2.05, 4.69) is 13.8 Å². The summed E-state index contributed by atoms with van der Waals surface area (Å²) >= 11 is 0. The molecule has 3 nitrogen and oxygen atoms in total. The number of hydrogen-bond acceptors (Lipinski definition) is 2. The second-order valence-corrected chi connectivity index (χ2v) is 3.40. The number of nitrogens with zero attached hydrogens (tertiary/aromatic N) is 1. The van der Waals surface area contributed by atoms with Crippen molar-refractivity contribution in [2.24, 2.45) is 0 Å². The number of nitro benzene ring substituents is 1. The molecule has 0 N–H and O–H groups in total. The molecule has 1 aromatic rings. The zero-order chi connectivity index (χ0) is 16.5. The molecule has 1 rings (SSSR count). The van der Waals surface area contributed by atoms with Crippen LogP contribution < -0.4 is 0 Å². The summed E-state index contributed by atoms with van der Waals surface area (Å²) in [6.45, 7) is 9.52. The van der Waals surface area contributed by atoms with Crippen LogP contribution in [0.3, 0.4) is 0 Å². The van der Waals surface area contributed by atoms with Crippen LogP contribution in [0.15, 0.2) is 0 Å². The molecule has 0 fully saturated rings. The molecule has 1 aromatic carbocycles. The van der Waals surface area contributed by atoms with E-state index in [4.69, 9.17) is 0 Å². The van der Waals surface area contributed by atoms with E-state index in [0.717, 1.165) is 0 Å². The Morgan fingerprint density at radius 1 is 0.900 bits per heavy atom. The van der Waals surface area contributed by atoms with E-state index in [1.165, 1.54) is 13.3 Å². The van der Waals surface area contributed by atoms with Gasteiger partial charge in [0.25, 0.3) is 0 Å². The summed E-state index contributed by atoms with van der Waals surface area (Å²) in [5.41, 5.74) is -2.64. The molecule has 0 amide bonds. The Morgan fingerprint density at radius 2 is 1.20 bits per heavy atom. The highest BCUT2D eigenvalue weighted by Crippen LogP contribution is 2.29. The third-order valence-electron chi connectivity index (χ3n) is 1.87. The van der Waals surface area contributed by atoms with Crippen molar-refractivity contribution >= 4 is 5.69 Å². The van der Waals surface area contributed by atoms with Crippen LogP contribution in [-0.4, -0.2) is 4.92 Å². The second kappa shape index (κ2) is 10.2. The largest absolute Gasteiger partial charge is 0.346 e. The highest BCUT2D eigenvalue weighted by Gasteiger charge is 2.31. The lowest BCUT2D eigenvalue weighted by Crippen LogP contribution is -2.07. The standard InChI is InChI=1S/C8H5F4NO2.C3H8.C2H6/c1-2-3-4(9)6(11)8(13(14)15)7(12)5(3)10;1-3-2;1-2/h2H2,1H3;3H2,1-2H3;1-2H3. The summed E-state index contributed by atoms with van der Waals surface area (Å²) in [4.78, 5) is 8.64. The first-order valence-corrected chi connectivity index (χ1v) is 6.32. The molecule has 0 radical (unpaired) electrons.